The number of aryl methyl sites for hydroxylation is 1. The molecule has 0 spiro atoms. The van der Waals surface area contributed by atoms with E-state index in [2.05, 4.69) is 27.1 Å². The molecular formula is C13H22NO2+. The van der Waals surface area contributed by atoms with Gasteiger partial charge in [-0.1, -0.05) is 12.1 Å². The molecule has 0 bridgehead atoms. The predicted octanol–water partition coefficient (Wildman–Crippen LogP) is 1.44. The van der Waals surface area contributed by atoms with Gasteiger partial charge in [-0.15, -0.1) is 0 Å². The second-order valence-corrected chi connectivity index (χ2v) is 4.77. The first-order valence-corrected chi connectivity index (χ1v) is 5.66. The molecule has 0 amide bonds. The van der Waals surface area contributed by atoms with E-state index in [1.807, 2.05) is 18.2 Å². The summed E-state index contributed by atoms with van der Waals surface area (Å²) in [6.45, 7) is 4.61. The van der Waals surface area contributed by atoms with E-state index in [1.165, 1.54) is 5.56 Å². The molecule has 0 aliphatic carbocycles. The lowest BCUT2D eigenvalue weighted by Gasteiger charge is -2.28. The molecule has 1 N–H and O–H groups in total. The van der Waals surface area contributed by atoms with Crippen molar-refractivity contribution < 1.29 is 14.3 Å². The van der Waals surface area contributed by atoms with Gasteiger partial charge in [0.05, 0.1) is 20.7 Å². The predicted molar refractivity (Wildman–Crippen MR) is 65.6 cm³/mol. The molecule has 3 nitrogen and oxygen atoms in total. The minimum atomic E-state index is 0.220. The summed E-state index contributed by atoms with van der Waals surface area (Å²) < 4.78 is 6.45. The number of nitrogens with zero attached hydrogens (tertiary/aromatic N) is 1. The SMILES string of the molecule is Cc1cccc(OCC[N+](C)(C)CCO)c1. The first-order chi connectivity index (χ1) is 7.53. The van der Waals surface area contributed by atoms with Crippen LogP contribution in [-0.2, 0) is 0 Å². The number of hydrogen-bond donors (Lipinski definition) is 1. The van der Waals surface area contributed by atoms with Crippen LogP contribution in [0.5, 0.6) is 5.75 Å². The lowest BCUT2D eigenvalue weighted by Crippen LogP contribution is -2.44. The number of rotatable bonds is 6. The quantitative estimate of drug-likeness (QED) is 0.741. The van der Waals surface area contributed by atoms with Gasteiger partial charge in [-0.3, -0.25) is 0 Å². The fourth-order valence-corrected chi connectivity index (χ4v) is 1.50. The minimum absolute atomic E-state index is 0.220. The first-order valence-electron chi connectivity index (χ1n) is 5.66. The summed E-state index contributed by atoms with van der Waals surface area (Å²) in [5.74, 6) is 0.920. The number of likely N-dealkylation sites (N-methyl/N-ethyl adjacent to an activating group) is 1. The molecule has 0 radical (unpaired) electrons. The lowest BCUT2D eigenvalue weighted by atomic mass is 10.2. The van der Waals surface area contributed by atoms with Crippen molar-refractivity contribution in [3.8, 4) is 5.75 Å². The molecule has 90 valence electrons. The van der Waals surface area contributed by atoms with Gasteiger partial charge in [0.1, 0.15) is 25.4 Å². The van der Waals surface area contributed by atoms with E-state index in [4.69, 9.17) is 9.84 Å². The van der Waals surface area contributed by atoms with Crippen molar-refractivity contribution in [3.63, 3.8) is 0 Å². The van der Waals surface area contributed by atoms with Crippen LogP contribution in [0.3, 0.4) is 0 Å². The Morgan fingerprint density at radius 1 is 1.25 bits per heavy atom. The molecule has 1 rings (SSSR count). The third kappa shape index (κ3) is 4.64. The maximum absolute atomic E-state index is 8.90. The molecule has 0 aliphatic rings. The first kappa shape index (κ1) is 13.0. The van der Waals surface area contributed by atoms with Gasteiger partial charge in [0.15, 0.2) is 0 Å². The second kappa shape index (κ2) is 5.87. The van der Waals surface area contributed by atoms with Crippen LogP contribution in [0.25, 0.3) is 0 Å². The zero-order chi connectivity index (χ0) is 12.0. The molecule has 3 heteroatoms. The van der Waals surface area contributed by atoms with Gasteiger partial charge < -0.3 is 14.3 Å². The number of hydrogen-bond acceptors (Lipinski definition) is 2. The van der Waals surface area contributed by atoms with Crippen LogP contribution < -0.4 is 4.74 Å². The summed E-state index contributed by atoms with van der Waals surface area (Å²) >= 11 is 0. The van der Waals surface area contributed by atoms with Crippen molar-refractivity contribution in [2.45, 2.75) is 6.92 Å². The summed E-state index contributed by atoms with van der Waals surface area (Å²) in [7, 11) is 4.19. The summed E-state index contributed by atoms with van der Waals surface area (Å²) in [4.78, 5) is 0. The molecule has 0 fully saturated rings. The van der Waals surface area contributed by atoms with E-state index in [1.54, 1.807) is 0 Å². The van der Waals surface area contributed by atoms with Gasteiger partial charge in [0.25, 0.3) is 0 Å². The highest BCUT2D eigenvalue weighted by molar-refractivity contribution is 5.27. The smallest absolute Gasteiger partial charge is 0.137 e. The molecule has 0 aliphatic heterocycles. The van der Waals surface area contributed by atoms with Crippen molar-refractivity contribution in [1.82, 2.24) is 0 Å². The lowest BCUT2D eigenvalue weighted by molar-refractivity contribution is -0.890. The highest BCUT2D eigenvalue weighted by atomic mass is 16.5. The van der Waals surface area contributed by atoms with Crippen LogP contribution in [0.15, 0.2) is 24.3 Å². The number of aliphatic hydroxyl groups is 1. The molecule has 1 aromatic rings. The third-order valence-electron chi connectivity index (χ3n) is 2.66. The topological polar surface area (TPSA) is 29.5 Å². The molecule has 0 saturated heterocycles. The number of ether oxygens (including phenoxy) is 1. The Labute approximate surface area is 97.9 Å². The Hall–Kier alpha value is -1.06. The number of aliphatic hydroxyl groups excluding tert-OH is 1. The van der Waals surface area contributed by atoms with E-state index < -0.39 is 0 Å². The summed E-state index contributed by atoms with van der Waals surface area (Å²) in [5, 5.41) is 8.90. The molecule has 16 heavy (non-hydrogen) atoms. The molecule has 0 atom stereocenters. The standard InChI is InChI=1S/C13H22NO2/c1-12-5-4-6-13(11-12)16-10-8-14(2,3)7-9-15/h4-6,11,15H,7-10H2,1-3H3/q+1. The Balaban J connectivity index is 2.35. The van der Waals surface area contributed by atoms with E-state index in [9.17, 15) is 0 Å². The third-order valence-corrected chi connectivity index (χ3v) is 2.66. The van der Waals surface area contributed by atoms with E-state index in [-0.39, 0.29) is 6.61 Å². The Morgan fingerprint density at radius 3 is 2.62 bits per heavy atom. The van der Waals surface area contributed by atoms with Crippen molar-refractivity contribution in [3.05, 3.63) is 29.8 Å². The molecule has 1 aromatic carbocycles. The molecule has 0 unspecified atom stereocenters. The van der Waals surface area contributed by atoms with Crippen LogP contribution in [0, 0.1) is 6.92 Å². The molecule has 0 saturated carbocycles. The normalized spacial score (nSPS) is 11.5. The van der Waals surface area contributed by atoms with Crippen LogP contribution >= 0.6 is 0 Å². The van der Waals surface area contributed by atoms with Gasteiger partial charge in [0.2, 0.25) is 0 Å². The average molecular weight is 224 g/mol. The molecule has 0 heterocycles. The summed E-state index contributed by atoms with van der Waals surface area (Å²) in [5.41, 5.74) is 1.21. The Morgan fingerprint density at radius 2 is 2.00 bits per heavy atom. The van der Waals surface area contributed by atoms with Gasteiger partial charge in [-0.05, 0) is 24.6 Å². The maximum Gasteiger partial charge on any atom is 0.137 e. The van der Waals surface area contributed by atoms with Crippen molar-refractivity contribution >= 4 is 0 Å². The van der Waals surface area contributed by atoms with Gasteiger partial charge in [-0.2, -0.15) is 0 Å². The number of quaternary nitrogens is 1. The van der Waals surface area contributed by atoms with Gasteiger partial charge in [-0.25, -0.2) is 0 Å². The van der Waals surface area contributed by atoms with Crippen LogP contribution in [0.2, 0.25) is 0 Å². The van der Waals surface area contributed by atoms with Gasteiger partial charge in [0, 0.05) is 0 Å². The van der Waals surface area contributed by atoms with Crippen LogP contribution in [0.1, 0.15) is 5.56 Å². The highest BCUT2D eigenvalue weighted by Crippen LogP contribution is 2.12. The monoisotopic (exact) mass is 224 g/mol. The largest absolute Gasteiger partial charge is 0.488 e. The average Bonchev–Trinajstić information content (AvgIpc) is 2.17. The molecular weight excluding hydrogens is 202 g/mol. The highest BCUT2D eigenvalue weighted by Gasteiger charge is 2.13. The summed E-state index contributed by atoms with van der Waals surface area (Å²) in [6, 6.07) is 8.06. The van der Waals surface area contributed by atoms with Gasteiger partial charge >= 0.3 is 0 Å². The van der Waals surface area contributed by atoms with Crippen molar-refractivity contribution in [2.24, 2.45) is 0 Å². The zero-order valence-corrected chi connectivity index (χ0v) is 10.4. The van der Waals surface area contributed by atoms with Crippen molar-refractivity contribution in [2.75, 3.05) is 40.4 Å². The van der Waals surface area contributed by atoms with E-state index >= 15 is 0 Å². The minimum Gasteiger partial charge on any atom is -0.488 e. The summed E-state index contributed by atoms with van der Waals surface area (Å²) in [6.07, 6.45) is 0. The van der Waals surface area contributed by atoms with Crippen LogP contribution in [0.4, 0.5) is 0 Å². The Bertz CT molecular complexity index is 323. The van der Waals surface area contributed by atoms with Crippen LogP contribution in [-0.4, -0.2) is 50.0 Å². The van der Waals surface area contributed by atoms with E-state index in [0.29, 0.717) is 6.61 Å². The van der Waals surface area contributed by atoms with Crippen molar-refractivity contribution in [1.29, 1.82) is 0 Å². The fourth-order valence-electron chi connectivity index (χ4n) is 1.50. The number of benzene rings is 1. The zero-order valence-electron chi connectivity index (χ0n) is 10.4. The second-order valence-electron chi connectivity index (χ2n) is 4.77. The Kier molecular flexibility index (Phi) is 4.77. The maximum atomic E-state index is 8.90. The molecule has 0 aromatic heterocycles. The van der Waals surface area contributed by atoms with E-state index in [0.717, 1.165) is 23.3 Å². The fraction of sp³-hybridized carbons (Fsp3) is 0.538.